The number of carbonyl (C=O) groups excluding carboxylic acids is 2. The lowest BCUT2D eigenvalue weighted by molar-refractivity contribution is 0.0890. The second kappa shape index (κ2) is 5.24. The zero-order chi connectivity index (χ0) is 15.0. The van der Waals surface area contributed by atoms with Gasteiger partial charge < -0.3 is 0 Å². The van der Waals surface area contributed by atoms with Crippen molar-refractivity contribution in [2.45, 2.75) is 32.6 Å². The Balaban J connectivity index is 2.10. The zero-order valence-corrected chi connectivity index (χ0v) is 12.2. The number of aryl methyl sites for hydroxylation is 2. The molecule has 0 saturated heterocycles. The Labute approximate surface area is 124 Å². The van der Waals surface area contributed by atoms with E-state index in [0.717, 1.165) is 29.8 Å². The molecule has 21 heavy (non-hydrogen) atoms. The van der Waals surface area contributed by atoms with Crippen LogP contribution >= 0.6 is 0 Å². The molecule has 0 spiro atoms. The van der Waals surface area contributed by atoms with Gasteiger partial charge in [-0.05, 0) is 30.5 Å². The average Bonchev–Trinajstić information content (AvgIpc) is 2.78. The molecule has 0 atom stereocenters. The smallest absolute Gasteiger partial charge is 0.178 e. The van der Waals surface area contributed by atoms with Crippen molar-refractivity contribution in [2.75, 3.05) is 0 Å². The highest BCUT2D eigenvalue weighted by atomic mass is 16.2. The maximum absolute atomic E-state index is 12.6. The fraction of sp³-hybridized carbons (Fsp3) is 0.278. The van der Waals surface area contributed by atoms with Crippen molar-refractivity contribution in [3.8, 4) is 0 Å². The Kier molecular flexibility index (Phi) is 3.42. The van der Waals surface area contributed by atoms with Crippen molar-refractivity contribution >= 4 is 11.6 Å². The molecule has 1 aliphatic rings. The number of hydrogen-bond acceptors (Lipinski definition) is 3. The van der Waals surface area contributed by atoms with Gasteiger partial charge in [0.15, 0.2) is 11.6 Å². The molecule has 0 unspecified atom stereocenters. The molecule has 0 saturated carbocycles. The second-order valence-electron chi connectivity index (χ2n) is 5.30. The lowest BCUT2D eigenvalue weighted by atomic mass is 9.93. The summed E-state index contributed by atoms with van der Waals surface area (Å²) in [6, 6.07) is 10.9. The van der Waals surface area contributed by atoms with E-state index in [2.05, 4.69) is 4.98 Å². The number of aromatic nitrogens is 1. The molecular weight excluding hydrogens is 262 g/mol. The summed E-state index contributed by atoms with van der Waals surface area (Å²) in [5, 5.41) is 0. The first-order valence-corrected chi connectivity index (χ1v) is 7.32. The van der Waals surface area contributed by atoms with Crippen molar-refractivity contribution in [3.05, 3.63) is 64.5 Å². The Morgan fingerprint density at radius 2 is 1.38 bits per heavy atom. The number of hydrogen-bond donors (Lipinski definition) is 0. The van der Waals surface area contributed by atoms with Gasteiger partial charge in [0.2, 0.25) is 0 Å². The van der Waals surface area contributed by atoms with Crippen LogP contribution < -0.4 is 0 Å². The molecule has 0 aliphatic heterocycles. The number of benzene rings is 1. The highest BCUT2D eigenvalue weighted by Gasteiger charge is 2.39. The molecule has 0 bridgehead atoms. The van der Waals surface area contributed by atoms with E-state index in [9.17, 15) is 9.59 Å². The average molecular weight is 279 g/mol. The molecule has 1 aromatic carbocycles. The molecule has 0 radical (unpaired) electrons. The summed E-state index contributed by atoms with van der Waals surface area (Å²) in [5.41, 5.74) is 3.73. The highest BCUT2D eigenvalue weighted by molar-refractivity contribution is 6.29. The maximum atomic E-state index is 12.6. The minimum Gasteiger partial charge on any atom is -0.293 e. The van der Waals surface area contributed by atoms with Crippen molar-refractivity contribution < 1.29 is 9.59 Å². The van der Waals surface area contributed by atoms with Crippen LogP contribution in [0.1, 0.15) is 57.4 Å². The quantitative estimate of drug-likeness (QED) is 0.809. The fourth-order valence-electron chi connectivity index (χ4n) is 2.85. The molecule has 1 aromatic heterocycles. The van der Waals surface area contributed by atoms with Gasteiger partial charge in [0, 0.05) is 22.5 Å². The van der Waals surface area contributed by atoms with E-state index in [1.54, 1.807) is 24.3 Å². The van der Waals surface area contributed by atoms with Crippen LogP contribution in [-0.2, 0) is 12.8 Å². The van der Waals surface area contributed by atoms with E-state index in [1.807, 2.05) is 26.0 Å². The zero-order valence-electron chi connectivity index (χ0n) is 12.2. The van der Waals surface area contributed by atoms with E-state index >= 15 is 0 Å². The van der Waals surface area contributed by atoms with Crippen LogP contribution in [0, 0.1) is 0 Å². The minimum absolute atomic E-state index is 0.0918. The van der Waals surface area contributed by atoms with E-state index in [-0.39, 0.29) is 11.6 Å². The molecule has 106 valence electrons. The normalized spacial score (nSPS) is 14.6. The van der Waals surface area contributed by atoms with Gasteiger partial charge in [-0.15, -0.1) is 0 Å². The monoisotopic (exact) mass is 279 g/mol. The molecule has 3 heteroatoms. The molecule has 0 fully saturated rings. The van der Waals surface area contributed by atoms with Crippen LogP contribution in [0.5, 0.6) is 0 Å². The molecular formula is C18H17NO2. The number of carbonyl (C=O) groups is 2. The summed E-state index contributed by atoms with van der Waals surface area (Å²) in [7, 11) is 0. The topological polar surface area (TPSA) is 47.0 Å². The van der Waals surface area contributed by atoms with E-state index < -0.39 is 5.92 Å². The third kappa shape index (κ3) is 2.19. The summed E-state index contributed by atoms with van der Waals surface area (Å²) in [5.74, 6) is -0.877. The van der Waals surface area contributed by atoms with Gasteiger partial charge in [0.05, 0.1) is 0 Å². The molecule has 0 amide bonds. The SMILES string of the molecule is CCc1cc(C2C(=O)c3ccccc3C2=O)cc(CC)n1. The molecule has 1 heterocycles. The third-order valence-electron chi connectivity index (χ3n) is 3.99. The number of rotatable bonds is 3. The molecule has 2 aromatic rings. The largest absolute Gasteiger partial charge is 0.293 e. The van der Waals surface area contributed by atoms with Gasteiger partial charge in [-0.1, -0.05) is 38.1 Å². The second-order valence-corrected chi connectivity index (χ2v) is 5.30. The number of fused-ring (bicyclic) bond motifs is 1. The lowest BCUT2D eigenvalue weighted by Crippen LogP contribution is -2.14. The Morgan fingerprint density at radius 3 is 1.81 bits per heavy atom. The van der Waals surface area contributed by atoms with Crippen LogP contribution in [0.15, 0.2) is 36.4 Å². The summed E-state index contributed by atoms with van der Waals surface area (Å²) < 4.78 is 0. The Morgan fingerprint density at radius 1 is 0.905 bits per heavy atom. The predicted molar refractivity (Wildman–Crippen MR) is 80.8 cm³/mol. The van der Waals surface area contributed by atoms with E-state index in [1.165, 1.54) is 0 Å². The first-order valence-electron chi connectivity index (χ1n) is 7.32. The third-order valence-corrected chi connectivity index (χ3v) is 3.99. The van der Waals surface area contributed by atoms with Crippen LogP contribution in [0.25, 0.3) is 0 Å². The number of ketones is 2. The maximum Gasteiger partial charge on any atom is 0.178 e. The van der Waals surface area contributed by atoms with Crippen molar-refractivity contribution in [1.82, 2.24) is 4.98 Å². The van der Waals surface area contributed by atoms with Gasteiger partial charge in [-0.2, -0.15) is 0 Å². The lowest BCUT2D eigenvalue weighted by Gasteiger charge is -2.11. The van der Waals surface area contributed by atoms with Gasteiger partial charge >= 0.3 is 0 Å². The molecule has 3 rings (SSSR count). The summed E-state index contributed by atoms with van der Waals surface area (Å²) in [6.45, 7) is 4.05. The summed E-state index contributed by atoms with van der Waals surface area (Å²) >= 11 is 0. The van der Waals surface area contributed by atoms with Crippen molar-refractivity contribution in [3.63, 3.8) is 0 Å². The number of nitrogens with zero attached hydrogens (tertiary/aromatic N) is 1. The van der Waals surface area contributed by atoms with Gasteiger partial charge in [0.1, 0.15) is 5.92 Å². The Bertz CT molecular complexity index is 676. The first kappa shape index (κ1) is 13.7. The minimum atomic E-state index is -0.694. The standard InChI is InChI=1S/C18H17NO2/c1-3-12-9-11(10-13(4-2)19-12)16-17(20)14-7-5-6-8-15(14)18(16)21/h5-10,16H,3-4H2,1-2H3. The number of Topliss-reactive ketones (excluding diaryl/α,β-unsaturated/α-hetero) is 2. The summed E-state index contributed by atoms with van der Waals surface area (Å²) in [4.78, 5) is 29.6. The molecule has 1 aliphatic carbocycles. The van der Waals surface area contributed by atoms with Gasteiger partial charge in [-0.25, -0.2) is 0 Å². The predicted octanol–water partition coefficient (Wildman–Crippen LogP) is 3.37. The molecule has 3 nitrogen and oxygen atoms in total. The van der Waals surface area contributed by atoms with Crippen molar-refractivity contribution in [1.29, 1.82) is 0 Å². The first-order chi connectivity index (χ1) is 10.2. The van der Waals surface area contributed by atoms with Crippen LogP contribution in [0.4, 0.5) is 0 Å². The number of pyridine rings is 1. The van der Waals surface area contributed by atoms with Gasteiger partial charge in [-0.3, -0.25) is 14.6 Å². The van der Waals surface area contributed by atoms with E-state index in [4.69, 9.17) is 0 Å². The molecule has 0 N–H and O–H groups in total. The van der Waals surface area contributed by atoms with Crippen LogP contribution in [0.3, 0.4) is 0 Å². The summed E-state index contributed by atoms with van der Waals surface area (Å²) in [6.07, 6.45) is 1.59. The van der Waals surface area contributed by atoms with Crippen LogP contribution in [0.2, 0.25) is 0 Å². The van der Waals surface area contributed by atoms with E-state index in [0.29, 0.717) is 11.1 Å². The van der Waals surface area contributed by atoms with Gasteiger partial charge in [0.25, 0.3) is 0 Å². The van der Waals surface area contributed by atoms with Crippen molar-refractivity contribution in [2.24, 2.45) is 0 Å². The Hall–Kier alpha value is -2.29. The van der Waals surface area contributed by atoms with Crippen LogP contribution in [-0.4, -0.2) is 16.6 Å². The highest BCUT2D eigenvalue weighted by Crippen LogP contribution is 2.34. The fourth-order valence-corrected chi connectivity index (χ4v) is 2.85.